The average Bonchev–Trinajstić information content (AvgIpc) is 3.46. The van der Waals surface area contributed by atoms with E-state index in [0.717, 1.165) is 22.4 Å². The molecule has 2 atom stereocenters. The normalized spacial score (nSPS) is 18.7. The first-order valence-electron chi connectivity index (χ1n) is 12.6. The number of nitrogens with one attached hydrogen (secondary N) is 3. The van der Waals surface area contributed by atoms with Gasteiger partial charge >= 0.3 is 7.60 Å². The highest BCUT2D eigenvalue weighted by Crippen LogP contribution is 2.41. The highest BCUT2D eigenvalue weighted by atomic mass is 31.2. The molecule has 0 spiro atoms. The number of hydrogen-bond acceptors (Lipinski definition) is 5. The van der Waals surface area contributed by atoms with E-state index in [2.05, 4.69) is 41.6 Å². The molecule has 1 aromatic heterocycles. The van der Waals surface area contributed by atoms with Gasteiger partial charge in [0.15, 0.2) is 0 Å². The maximum atomic E-state index is 13.8. The standard InChI is InChI=1S/C27H29N4O7P/c1-13(2)16-8-14-4-7-20(26(34)31-22(25(33)28-3)12-18(10-16)23(14)31)30-24(32)21-11-17-9-15(5-6-19(17)29-21)27(35)39(36,37)38/h5-6,8-11,13,20,22,29H,4,7,12H2,1-3H3,(H,28,33)(H,30,32)(H2,36,37,38)/t20-,22-/m0/s1. The maximum Gasteiger partial charge on any atom is 0.396 e. The molecule has 2 aromatic carbocycles. The van der Waals surface area contributed by atoms with Crippen molar-refractivity contribution in [2.45, 2.75) is 51.1 Å². The number of aromatic nitrogens is 1. The zero-order valence-corrected chi connectivity index (χ0v) is 22.5. The van der Waals surface area contributed by atoms with Crippen molar-refractivity contribution < 1.29 is 33.5 Å². The maximum absolute atomic E-state index is 13.8. The van der Waals surface area contributed by atoms with Crippen LogP contribution in [0.25, 0.3) is 10.9 Å². The van der Waals surface area contributed by atoms with Gasteiger partial charge in [-0.3, -0.25) is 28.6 Å². The van der Waals surface area contributed by atoms with Crippen LogP contribution >= 0.6 is 7.60 Å². The van der Waals surface area contributed by atoms with Gasteiger partial charge in [0, 0.05) is 29.9 Å². The number of aromatic amines is 1. The minimum absolute atomic E-state index is 0.118. The number of carbonyl (C=O) groups is 4. The lowest BCUT2D eigenvalue weighted by atomic mass is 9.93. The first-order valence-corrected chi connectivity index (χ1v) is 14.2. The van der Waals surface area contributed by atoms with Crippen LogP contribution in [0.2, 0.25) is 0 Å². The summed E-state index contributed by atoms with van der Waals surface area (Å²) in [6.07, 6.45) is 1.28. The Morgan fingerprint density at radius 2 is 1.82 bits per heavy atom. The molecule has 0 fully saturated rings. The molecule has 0 saturated carbocycles. The molecule has 0 unspecified atom stereocenters. The van der Waals surface area contributed by atoms with Gasteiger partial charge in [-0.05, 0) is 59.7 Å². The number of nitrogens with zero attached hydrogens (tertiary/aromatic N) is 1. The predicted molar refractivity (Wildman–Crippen MR) is 144 cm³/mol. The molecule has 0 bridgehead atoms. The SMILES string of the molecule is CNC(=O)[C@@H]1Cc2cc(C(C)C)cc3c2N1C(=O)[C@@H](NC(=O)c1cc2cc(C(=O)P(=O)(O)O)ccc2[nH]1)CC3. The van der Waals surface area contributed by atoms with Crippen molar-refractivity contribution in [2.24, 2.45) is 0 Å². The molecule has 5 N–H and O–H groups in total. The van der Waals surface area contributed by atoms with Crippen molar-refractivity contribution >= 4 is 47.4 Å². The molecule has 3 aromatic rings. The minimum atomic E-state index is -4.96. The molecule has 5 rings (SSSR count). The highest BCUT2D eigenvalue weighted by Gasteiger charge is 2.44. The third-order valence-corrected chi connectivity index (χ3v) is 8.18. The molecule has 0 aliphatic carbocycles. The van der Waals surface area contributed by atoms with Gasteiger partial charge in [0.1, 0.15) is 17.8 Å². The summed E-state index contributed by atoms with van der Waals surface area (Å²) in [6, 6.07) is 8.00. The lowest BCUT2D eigenvalue weighted by molar-refractivity contribution is -0.126. The lowest BCUT2D eigenvalue weighted by Crippen LogP contribution is -2.54. The Bertz CT molecular complexity index is 1590. The number of fused-ring (bicyclic) bond motifs is 1. The van der Waals surface area contributed by atoms with Crippen LogP contribution in [-0.4, -0.2) is 57.1 Å². The topological polar surface area (TPSA) is 169 Å². The second kappa shape index (κ2) is 9.75. The van der Waals surface area contributed by atoms with Crippen LogP contribution in [0.1, 0.15) is 63.7 Å². The number of benzene rings is 2. The predicted octanol–water partition coefficient (Wildman–Crippen LogP) is 2.36. The molecule has 3 amide bonds. The van der Waals surface area contributed by atoms with Crippen LogP contribution in [0.4, 0.5) is 5.69 Å². The number of aryl methyl sites for hydroxylation is 1. The van der Waals surface area contributed by atoms with Crippen molar-refractivity contribution in [3.8, 4) is 0 Å². The fourth-order valence-corrected chi connectivity index (χ4v) is 5.86. The van der Waals surface area contributed by atoms with Crippen LogP contribution in [-0.2, 0) is 27.0 Å². The highest BCUT2D eigenvalue weighted by molar-refractivity contribution is 7.70. The Morgan fingerprint density at radius 3 is 2.49 bits per heavy atom. The van der Waals surface area contributed by atoms with Crippen molar-refractivity contribution in [3.05, 3.63) is 64.3 Å². The quantitative estimate of drug-likeness (QED) is 0.292. The van der Waals surface area contributed by atoms with Crippen LogP contribution < -0.4 is 15.5 Å². The van der Waals surface area contributed by atoms with Crippen LogP contribution in [0, 0.1) is 0 Å². The second-order valence-corrected chi connectivity index (χ2v) is 11.8. The number of hydrogen-bond donors (Lipinski definition) is 5. The Balaban J connectivity index is 1.44. The van der Waals surface area contributed by atoms with E-state index in [-0.39, 0.29) is 29.0 Å². The van der Waals surface area contributed by atoms with Crippen molar-refractivity contribution in [1.29, 1.82) is 0 Å². The summed E-state index contributed by atoms with van der Waals surface area (Å²) in [7, 11) is -3.43. The number of amides is 3. The molecule has 2 aliphatic heterocycles. The van der Waals surface area contributed by atoms with Crippen LogP contribution in [0.15, 0.2) is 36.4 Å². The Morgan fingerprint density at radius 1 is 1.10 bits per heavy atom. The molecule has 0 saturated heterocycles. The van der Waals surface area contributed by atoms with Gasteiger partial charge in [0.05, 0.1) is 5.69 Å². The van der Waals surface area contributed by atoms with Crippen LogP contribution in [0.5, 0.6) is 0 Å². The van der Waals surface area contributed by atoms with E-state index >= 15 is 0 Å². The van der Waals surface area contributed by atoms with E-state index in [9.17, 15) is 33.5 Å². The fourth-order valence-electron chi connectivity index (χ4n) is 5.39. The first-order chi connectivity index (χ1) is 18.4. The number of carbonyl (C=O) groups excluding carboxylic acids is 4. The lowest BCUT2D eigenvalue weighted by Gasteiger charge is -2.27. The number of anilines is 1. The number of H-pyrrole nitrogens is 1. The largest absolute Gasteiger partial charge is 0.396 e. The monoisotopic (exact) mass is 552 g/mol. The average molecular weight is 553 g/mol. The number of rotatable bonds is 6. The van der Waals surface area contributed by atoms with Gasteiger partial charge < -0.3 is 25.4 Å². The second-order valence-electron chi connectivity index (χ2n) is 10.3. The minimum Gasteiger partial charge on any atom is -0.357 e. The number of likely N-dealkylation sites (N-methyl/N-ethyl adjacent to an activating group) is 1. The zero-order valence-electron chi connectivity index (χ0n) is 21.6. The van der Waals surface area contributed by atoms with E-state index in [1.165, 1.54) is 36.2 Å². The Hall–Kier alpha value is -3.79. The molecule has 204 valence electrons. The molecule has 2 aliphatic rings. The van der Waals surface area contributed by atoms with E-state index in [1.54, 1.807) is 0 Å². The third kappa shape index (κ3) is 4.78. The van der Waals surface area contributed by atoms with Gasteiger partial charge in [-0.2, -0.15) is 0 Å². The summed E-state index contributed by atoms with van der Waals surface area (Å²) in [4.78, 5) is 74.6. The molecule has 39 heavy (non-hydrogen) atoms. The fraction of sp³-hybridized carbons (Fsp3) is 0.333. The molecule has 11 nitrogen and oxygen atoms in total. The van der Waals surface area contributed by atoms with Gasteiger partial charge in [-0.1, -0.05) is 26.0 Å². The molecule has 3 heterocycles. The smallest absolute Gasteiger partial charge is 0.357 e. The first kappa shape index (κ1) is 26.8. The van der Waals surface area contributed by atoms with Crippen molar-refractivity contribution in [1.82, 2.24) is 15.6 Å². The van der Waals surface area contributed by atoms with Gasteiger partial charge in [-0.15, -0.1) is 0 Å². The van der Waals surface area contributed by atoms with E-state index in [1.807, 2.05) is 0 Å². The Labute approximate surface area is 224 Å². The van der Waals surface area contributed by atoms with Crippen molar-refractivity contribution in [2.75, 3.05) is 11.9 Å². The molecule has 0 radical (unpaired) electrons. The van der Waals surface area contributed by atoms with Crippen molar-refractivity contribution in [3.63, 3.8) is 0 Å². The zero-order chi connectivity index (χ0) is 28.2. The molecular formula is C27H29N4O7P. The van der Waals surface area contributed by atoms with Gasteiger partial charge in [0.2, 0.25) is 11.8 Å². The summed E-state index contributed by atoms with van der Waals surface area (Å²) in [6.45, 7) is 4.18. The molecular weight excluding hydrogens is 523 g/mol. The van der Waals surface area contributed by atoms with E-state index in [0.29, 0.717) is 30.2 Å². The van der Waals surface area contributed by atoms with E-state index in [4.69, 9.17) is 0 Å². The third-order valence-electron chi connectivity index (χ3n) is 7.39. The van der Waals surface area contributed by atoms with Crippen LogP contribution in [0.3, 0.4) is 0 Å². The Kier molecular flexibility index (Phi) is 6.70. The summed E-state index contributed by atoms with van der Waals surface area (Å²) in [5, 5.41) is 5.85. The molecule has 12 heteroatoms. The summed E-state index contributed by atoms with van der Waals surface area (Å²) >= 11 is 0. The van der Waals surface area contributed by atoms with E-state index < -0.39 is 31.1 Å². The summed E-state index contributed by atoms with van der Waals surface area (Å²) < 4.78 is 11.3. The van der Waals surface area contributed by atoms with Gasteiger partial charge in [0.25, 0.3) is 11.4 Å². The summed E-state index contributed by atoms with van der Waals surface area (Å²) in [5.41, 5.74) is 2.91. The van der Waals surface area contributed by atoms with Gasteiger partial charge in [-0.25, -0.2) is 0 Å². The summed E-state index contributed by atoms with van der Waals surface area (Å²) in [5.74, 6) is -0.928.